The number of aromatic nitrogens is 1. The minimum Gasteiger partial charge on any atom is -0.361 e. The van der Waals surface area contributed by atoms with Gasteiger partial charge in [-0.2, -0.15) is 0 Å². The second-order valence-corrected chi connectivity index (χ2v) is 8.61. The van der Waals surface area contributed by atoms with Crippen molar-refractivity contribution in [2.24, 2.45) is 23.7 Å². The Labute approximate surface area is 142 Å². The molecular weight excluding hydrogens is 308 g/mol. The second-order valence-electron chi connectivity index (χ2n) is 7.62. The van der Waals surface area contributed by atoms with Crippen molar-refractivity contribution in [2.45, 2.75) is 57.7 Å². The minimum atomic E-state index is 0.203. The van der Waals surface area contributed by atoms with Crippen molar-refractivity contribution in [1.82, 2.24) is 10.5 Å². The zero-order valence-electron chi connectivity index (χ0n) is 14.0. The molecule has 2 bridgehead atoms. The van der Waals surface area contributed by atoms with Gasteiger partial charge in [0.25, 0.3) is 0 Å². The quantitative estimate of drug-likeness (QED) is 0.896. The number of thioether (sulfide) groups is 1. The highest BCUT2D eigenvalue weighted by Crippen LogP contribution is 2.58. The Hall–Kier alpha value is -0.970. The van der Waals surface area contributed by atoms with Crippen molar-refractivity contribution >= 4 is 17.7 Å². The predicted molar refractivity (Wildman–Crippen MR) is 91.1 cm³/mol. The van der Waals surface area contributed by atoms with Crippen molar-refractivity contribution in [3.63, 3.8) is 0 Å². The van der Waals surface area contributed by atoms with E-state index >= 15 is 0 Å². The molecule has 3 fully saturated rings. The fourth-order valence-electron chi connectivity index (χ4n) is 5.44. The SMILES string of the molecule is Cc1noc(C)c1CSCC(=O)N[C@@H]1C[C@H]2C[C@H]1[C@@H]1CCC[C@H]21. The molecule has 1 heterocycles. The zero-order chi connectivity index (χ0) is 16.0. The van der Waals surface area contributed by atoms with Gasteiger partial charge in [-0.3, -0.25) is 4.79 Å². The van der Waals surface area contributed by atoms with Crippen LogP contribution in [0.4, 0.5) is 0 Å². The van der Waals surface area contributed by atoms with E-state index in [1.807, 2.05) is 13.8 Å². The highest BCUT2D eigenvalue weighted by Gasteiger charge is 2.53. The van der Waals surface area contributed by atoms with Crippen LogP contribution in [0.3, 0.4) is 0 Å². The van der Waals surface area contributed by atoms with Crippen molar-refractivity contribution in [3.05, 3.63) is 17.0 Å². The van der Waals surface area contributed by atoms with Gasteiger partial charge in [-0.25, -0.2) is 0 Å². The van der Waals surface area contributed by atoms with E-state index in [-0.39, 0.29) is 5.91 Å². The van der Waals surface area contributed by atoms with Gasteiger partial charge < -0.3 is 9.84 Å². The Morgan fingerprint density at radius 3 is 2.87 bits per heavy atom. The summed E-state index contributed by atoms with van der Waals surface area (Å²) < 4.78 is 5.17. The summed E-state index contributed by atoms with van der Waals surface area (Å²) in [5, 5.41) is 7.30. The van der Waals surface area contributed by atoms with E-state index in [1.54, 1.807) is 11.8 Å². The summed E-state index contributed by atoms with van der Waals surface area (Å²) in [6.07, 6.45) is 6.85. The smallest absolute Gasteiger partial charge is 0.230 e. The third kappa shape index (κ3) is 2.81. The number of carbonyl (C=O) groups is 1. The maximum absolute atomic E-state index is 12.3. The van der Waals surface area contributed by atoms with Gasteiger partial charge in [0.2, 0.25) is 5.91 Å². The van der Waals surface area contributed by atoms with Gasteiger partial charge in [0.1, 0.15) is 5.76 Å². The average Bonchev–Trinajstić information content (AvgIpc) is 3.24. The third-order valence-electron chi connectivity index (χ3n) is 6.44. The Balaban J connectivity index is 1.25. The highest BCUT2D eigenvalue weighted by atomic mass is 32.2. The molecule has 0 saturated heterocycles. The summed E-state index contributed by atoms with van der Waals surface area (Å²) in [6, 6.07) is 0.450. The number of fused-ring (bicyclic) bond motifs is 5. The molecule has 1 N–H and O–H groups in total. The fourth-order valence-corrected chi connectivity index (χ4v) is 6.42. The first-order valence-electron chi connectivity index (χ1n) is 8.92. The van der Waals surface area contributed by atoms with E-state index < -0.39 is 0 Å². The predicted octanol–water partition coefficient (Wildman–Crippen LogP) is 3.47. The van der Waals surface area contributed by atoms with Gasteiger partial charge in [-0.15, -0.1) is 11.8 Å². The van der Waals surface area contributed by atoms with Crippen LogP contribution < -0.4 is 5.32 Å². The summed E-state index contributed by atoms with van der Waals surface area (Å²) >= 11 is 1.66. The number of aryl methyl sites for hydroxylation is 2. The average molecular weight is 334 g/mol. The van der Waals surface area contributed by atoms with Crippen LogP contribution in [0.1, 0.15) is 49.1 Å². The van der Waals surface area contributed by atoms with Crippen molar-refractivity contribution in [3.8, 4) is 0 Å². The zero-order valence-corrected chi connectivity index (χ0v) is 14.8. The molecular formula is C18H26N2O2S. The summed E-state index contributed by atoms with van der Waals surface area (Å²) in [7, 11) is 0. The molecule has 5 heteroatoms. The highest BCUT2D eigenvalue weighted by molar-refractivity contribution is 7.99. The van der Waals surface area contributed by atoms with Gasteiger partial charge in [0, 0.05) is 17.4 Å². The number of hydrogen-bond donors (Lipinski definition) is 1. The molecule has 1 aromatic rings. The van der Waals surface area contributed by atoms with Gasteiger partial charge in [0.05, 0.1) is 11.4 Å². The lowest BCUT2D eigenvalue weighted by Crippen LogP contribution is -2.43. The summed E-state index contributed by atoms with van der Waals surface area (Å²) in [6.45, 7) is 3.89. The molecule has 3 aliphatic rings. The number of carbonyl (C=O) groups excluding carboxylic acids is 1. The van der Waals surface area contributed by atoms with Gasteiger partial charge in [-0.05, 0) is 63.2 Å². The maximum atomic E-state index is 12.3. The number of rotatable bonds is 5. The lowest BCUT2D eigenvalue weighted by molar-refractivity contribution is -0.119. The molecule has 4 nitrogen and oxygen atoms in total. The molecule has 5 atom stereocenters. The third-order valence-corrected chi connectivity index (χ3v) is 7.39. The molecule has 4 rings (SSSR count). The van der Waals surface area contributed by atoms with Gasteiger partial charge >= 0.3 is 0 Å². The Morgan fingerprint density at radius 1 is 1.26 bits per heavy atom. The molecule has 3 saturated carbocycles. The van der Waals surface area contributed by atoms with Crippen LogP contribution in [-0.2, 0) is 10.5 Å². The molecule has 1 aromatic heterocycles. The normalized spacial score (nSPS) is 34.8. The molecule has 0 radical (unpaired) electrons. The van der Waals surface area contributed by atoms with Crippen molar-refractivity contribution in [1.29, 1.82) is 0 Å². The van der Waals surface area contributed by atoms with E-state index in [0.717, 1.165) is 46.4 Å². The first-order chi connectivity index (χ1) is 11.1. The molecule has 126 valence electrons. The van der Waals surface area contributed by atoms with Crippen LogP contribution in [0.2, 0.25) is 0 Å². The first-order valence-corrected chi connectivity index (χ1v) is 10.1. The summed E-state index contributed by atoms with van der Waals surface area (Å²) in [4.78, 5) is 12.3. The fraction of sp³-hybridized carbons (Fsp3) is 0.778. The Bertz CT molecular complexity index is 580. The van der Waals surface area contributed by atoms with Crippen LogP contribution in [0, 0.1) is 37.5 Å². The van der Waals surface area contributed by atoms with E-state index in [2.05, 4.69) is 10.5 Å². The van der Waals surface area contributed by atoms with Crippen LogP contribution >= 0.6 is 11.8 Å². The van der Waals surface area contributed by atoms with Crippen molar-refractivity contribution < 1.29 is 9.32 Å². The van der Waals surface area contributed by atoms with E-state index in [1.165, 1.54) is 32.1 Å². The van der Waals surface area contributed by atoms with E-state index in [0.29, 0.717) is 11.8 Å². The number of nitrogens with zero attached hydrogens (tertiary/aromatic N) is 1. The molecule has 23 heavy (non-hydrogen) atoms. The van der Waals surface area contributed by atoms with Crippen LogP contribution in [0.5, 0.6) is 0 Å². The van der Waals surface area contributed by atoms with Crippen LogP contribution in [-0.4, -0.2) is 22.9 Å². The molecule has 0 aromatic carbocycles. The van der Waals surface area contributed by atoms with Crippen LogP contribution in [0.15, 0.2) is 4.52 Å². The Morgan fingerprint density at radius 2 is 2.09 bits per heavy atom. The summed E-state index contributed by atoms with van der Waals surface area (Å²) in [5.74, 6) is 5.97. The van der Waals surface area contributed by atoms with Gasteiger partial charge in [0.15, 0.2) is 0 Å². The van der Waals surface area contributed by atoms with Gasteiger partial charge in [-0.1, -0.05) is 11.6 Å². The standard InChI is InChI=1S/C18H26N2O2S/c1-10-16(11(2)22-20-10)8-23-9-18(21)19-17-7-12-6-15(17)14-5-3-4-13(12)14/h12-15,17H,3-9H2,1-2H3,(H,19,21)/t12-,13-,14-,15+,17-/m1/s1. The number of nitrogens with one attached hydrogen (secondary N) is 1. The molecule has 0 unspecified atom stereocenters. The van der Waals surface area contributed by atoms with E-state index in [4.69, 9.17) is 4.52 Å². The summed E-state index contributed by atoms with van der Waals surface area (Å²) in [5.41, 5.74) is 2.08. The lowest BCUT2D eigenvalue weighted by Gasteiger charge is -2.32. The monoisotopic (exact) mass is 334 g/mol. The first kappa shape index (κ1) is 15.6. The largest absolute Gasteiger partial charge is 0.361 e. The molecule has 0 aliphatic heterocycles. The van der Waals surface area contributed by atoms with E-state index in [9.17, 15) is 4.79 Å². The molecule has 3 aliphatic carbocycles. The molecule has 0 spiro atoms. The Kier molecular flexibility index (Phi) is 4.16. The number of amides is 1. The van der Waals surface area contributed by atoms with Crippen LogP contribution in [0.25, 0.3) is 0 Å². The van der Waals surface area contributed by atoms with Crippen molar-refractivity contribution in [2.75, 3.05) is 5.75 Å². The molecule has 1 amide bonds. The lowest BCUT2D eigenvalue weighted by atomic mass is 9.79. The number of hydrogen-bond acceptors (Lipinski definition) is 4. The second kappa shape index (κ2) is 6.15. The maximum Gasteiger partial charge on any atom is 0.230 e. The topological polar surface area (TPSA) is 55.1 Å². The minimum absolute atomic E-state index is 0.203.